The number of benzene rings is 2. The maximum absolute atomic E-state index is 2.35. The molecule has 4 rings (SSSR count). The Hall–Kier alpha value is -1.67. The van der Waals surface area contributed by atoms with Crippen LogP contribution in [0.4, 0.5) is 0 Å². The summed E-state index contributed by atoms with van der Waals surface area (Å²) in [4.78, 5) is 1.40. The molecule has 0 saturated heterocycles. The summed E-state index contributed by atoms with van der Waals surface area (Å²) < 4.78 is 2.35. The van der Waals surface area contributed by atoms with Crippen molar-refractivity contribution in [1.29, 1.82) is 0 Å². The number of hydrogen-bond acceptors (Lipinski definition) is 1. The van der Waals surface area contributed by atoms with Crippen molar-refractivity contribution in [3.05, 3.63) is 53.6 Å². The lowest BCUT2D eigenvalue weighted by atomic mass is 10.0. The molecule has 0 atom stereocenters. The van der Waals surface area contributed by atoms with Crippen LogP contribution in [0.1, 0.15) is 11.1 Å². The molecule has 2 heterocycles. The first kappa shape index (κ1) is 11.2. The van der Waals surface area contributed by atoms with Crippen molar-refractivity contribution < 1.29 is 0 Å². The lowest BCUT2D eigenvalue weighted by molar-refractivity contribution is 0.966. The van der Waals surface area contributed by atoms with E-state index in [1.807, 2.05) is 11.8 Å². The number of rotatable bonds is 0. The molecule has 2 aromatic carbocycles. The van der Waals surface area contributed by atoms with Crippen LogP contribution in [0.5, 0.6) is 0 Å². The monoisotopic (exact) mass is 265 g/mol. The van der Waals surface area contributed by atoms with Gasteiger partial charge in [0, 0.05) is 34.2 Å². The summed E-state index contributed by atoms with van der Waals surface area (Å²) in [5.74, 6) is 1.08. The highest BCUT2D eigenvalue weighted by atomic mass is 32.2. The van der Waals surface area contributed by atoms with E-state index in [4.69, 9.17) is 0 Å². The van der Waals surface area contributed by atoms with Crippen molar-refractivity contribution in [3.8, 4) is 11.3 Å². The molecule has 3 aromatic rings. The highest BCUT2D eigenvalue weighted by molar-refractivity contribution is 7.98. The van der Waals surface area contributed by atoms with Gasteiger partial charge in [-0.15, -0.1) is 11.8 Å². The molecule has 2 heteroatoms. The van der Waals surface area contributed by atoms with E-state index in [9.17, 15) is 0 Å². The second-order valence-corrected chi connectivity index (χ2v) is 6.21. The Morgan fingerprint density at radius 3 is 2.84 bits per heavy atom. The molecular weight excluding hydrogens is 250 g/mol. The average Bonchev–Trinajstić information content (AvgIpc) is 2.72. The zero-order valence-electron chi connectivity index (χ0n) is 11.1. The van der Waals surface area contributed by atoms with Crippen LogP contribution >= 0.6 is 11.8 Å². The standard InChI is InChI=1S/C17H15NS/c1-11-7-8-15-13(9-11)14-10-19-16-6-4-3-5-12(16)17(14)18(15)2/h3-9H,10H2,1-2H3. The Bertz CT molecular complexity index is 798. The van der Waals surface area contributed by atoms with Gasteiger partial charge in [-0.2, -0.15) is 0 Å². The van der Waals surface area contributed by atoms with Crippen LogP contribution in [0.25, 0.3) is 22.2 Å². The number of nitrogens with zero attached hydrogens (tertiary/aromatic N) is 1. The molecule has 0 fully saturated rings. The molecule has 0 aliphatic carbocycles. The number of aromatic nitrogens is 1. The third-order valence-corrected chi connectivity index (χ3v) is 5.07. The lowest BCUT2D eigenvalue weighted by Crippen LogP contribution is -1.98. The van der Waals surface area contributed by atoms with E-state index < -0.39 is 0 Å². The lowest BCUT2D eigenvalue weighted by Gasteiger charge is -2.17. The molecule has 1 nitrogen and oxygen atoms in total. The molecule has 1 aliphatic heterocycles. The quantitative estimate of drug-likeness (QED) is 0.567. The van der Waals surface area contributed by atoms with E-state index in [0.717, 1.165) is 5.75 Å². The van der Waals surface area contributed by atoms with E-state index >= 15 is 0 Å². The Morgan fingerprint density at radius 2 is 1.95 bits per heavy atom. The molecule has 1 aliphatic rings. The molecule has 0 radical (unpaired) electrons. The van der Waals surface area contributed by atoms with Crippen LogP contribution in [-0.2, 0) is 12.8 Å². The maximum Gasteiger partial charge on any atom is 0.0541 e. The van der Waals surface area contributed by atoms with Crippen LogP contribution in [0.2, 0.25) is 0 Å². The van der Waals surface area contributed by atoms with Crippen molar-refractivity contribution in [2.45, 2.75) is 17.6 Å². The Labute approximate surface area is 117 Å². The van der Waals surface area contributed by atoms with Gasteiger partial charge in [-0.3, -0.25) is 0 Å². The Balaban J connectivity index is 2.14. The van der Waals surface area contributed by atoms with Gasteiger partial charge in [-0.25, -0.2) is 0 Å². The van der Waals surface area contributed by atoms with Crippen LogP contribution in [0, 0.1) is 6.92 Å². The van der Waals surface area contributed by atoms with E-state index in [0.29, 0.717) is 0 Å². The van der Waals surface area contributed by atoms with Gasteiger partial charge in [-0.05, 0) is 30.7 Å². The van der Waals surface area contributed by atoms with Crippen molar-refractivity contribution in [1.82, 2.24) is 4.57 Å². The summed E-state index contributed by atoms with van der Waals surface area (Å²) in [6.07, 6.45) is 0. The molecule has 94 valence electrons. The van der Waals surface area contributed by atoms with E-state index in [2.05, 4.69) is 61.0 Å². The second kappa shape index (κ2) is 3.91. The van der Waals surface area contributed by atoms with Crippen LogP contribution in [0.3, 0.4) is 0 Å². The van der Waals surface area contributed by atoms with Crippen LogP contribution in [0.15, 0.2) is 47.4 Å². The molecule has 0 unspecified atom stereocenters. The Morgan fingerprint density at radius 1 is 1.11 bits per heavy atom. The largest absolute Gasteiger partial charge is 0.343 e. The summed E-state index contributed by atoms with van der Waals surface area (Å²) in [5, 5.41) is 1.42. The summed E-state index contributed by atoms with van der Waals surface area (Å²) in [5.41, 5.74) is 6.95. The van der Waals surface area contributed by atoms with Gasteiger partial charge in [0.25, 0.3) is 0 Å². The predicted molar refractivity (Wildman–Crippen MR) is 82.7 cm³/mol. The Kier molecular flexibility index (Phi) is 2.30. The maximum atomic E-state index is 2.35. The fourth-order valence-corrected chi connectivity index (χ4v) is 4.15. The third-order valence-electron chi connectivity index (χ3n) is 3.97. The van der Waals surface area contributed by atoms with Gasteiger partial charge in [0.15, 0.2) is 0 Å². The fraction of sp³-hybridized carbons (Fsp3) is 0.176. The summed E-state index contributed by atoms with van der Waals surface area (Å²) in [7, 11) is 2.18. The van der Waals surface area contributed by atoms with E-state index in [-0.39, 0.29) is 0 Å². The number of fused-ring (bicyclic) bond motifs is 5. The van der Waals surface area contributed by atoms with Gasteiger partial charge in [-0.1, -0.05) is 29.8 Å². The average molecular weight is 265 g/mol. The molecule has 0 N–H and O–H groups in total. The van der Waals surface area contributed by atoms with Gasteiger partial charge < -0.3 is 4.57 Å². The van der Waals surface area contributed by atoms with Crippen molar-refractivity contribution in [2.24, 2.45) is 7.05 Å². The fourth-order valence-electron chi connectivity index (χ4n) is 3.06. The molecule has 0 saturated carbocycles. The van der Waals surface area contributed by atoms with Gasteiger partial charge in [0.1, 0.15) is 0 Å². The number of aryl methyl sites for hydroxylation is 2. The number of thioether (sulfide) groups is 1. The molecule has 0 bridgehead atoms. The minimum atomic E-state index is 1.08. The van der Waals surface area contributed by atoms with Gasteiger partial charge in [0.2, 0.25) is 0 Å². The SMILES string of the molecule is Cc1ccc2c(c1)c1c(n2C)-c2ccccc2SC1. The highest BCUT2D eigenvalue weighted by Crippen LogP contribution is 2.45. The second-order valence-electron chi connectivity index (χ2n) is 5.19. The minimum absolute atomic E-state index is 1.08. The zero-order chi connectivity index (χ0) is 13.0. The molecule has 19 heavy (non-hydrogen) atoms. The molecular formula is C17H15NS. The van der Waals surface area contributed by atoms with Crippen molar-refractivity contribution in [3.63, 3.8) is 0 Å². The minimum Gasteiger partial charge on any atom is -0.343 e. The number of hydrogen-bond donors (Lipinski definition) is 0. The predicted octanol–water partition coefficient (Wildman–Crippen LogP) is 4.76. The smallest absolute Gasteiger partial charge is 0.0541 e. The summed E-state index contributed by atoms with van der Waals surface area (Å²) >= 11 is 1.95. The van der Waals surface area contributed by atoms with Crippen molar-refractivity contribution in [2.75, 3.05) is 0 Å². The first-order valence-electron chi connectivity index (χ1n) is 6.56. The van der Waals surface area contributed by atoms with E-state index in [1.165, 1.54) is 38.2 Å². The summed E-state index contributed by atoms with van der Waals surface area (Å²) in [6, 6.07) is 15.5. The van der Waals surface area contributed by atoms with E-state index in [1.54, 1.807) is 0 Å². The molecule has 0 spiro atoms. The van der Waals surface area contributed by atoms with Crippen LogP contribution < -0.4 is 0 Å². The van der Waals surface area contributed by atoms with Gasteiger partial charge in [0.05, 0.1) is 5.69 Å². The molecule has 1 aromatic heterocycles. The van der Waals surface area contributed by atoms with Crippen molar-refractivity contribution >= 4 is 22.7 Å². The first-order valence-corrected chi connectivity index (χ1v) is 7.54. The van der Waals surface area contributed by atoms with Gasteiger partial charge >= 0.3 is 0 Å². The van der Waals surface area contributed by atoms with Crippen LogP contribution in [-0.4, -0.2) is 4.57 Å². The highest BCUT2D eigenvalue weighted by Gasteiger charge is 2.22. The summed E-state index contributed by atoms with van der Waals surface area (Å²) in [6.45, 7) is 2.17. The zero-order valence-corrected chi connectivity index (χ0v) is 11.9. The third kappa shape index (κ3) is 1.50. The topological polar surface area (TPSA) is 4.93 Å². The molecule has 0 amide bonds. The first-order chi connectivity index (χ1) is 9.25. The normalized spacial score (nSPS) is 13.4.